The first-order valence-corrected chi connectivity index (χ1v) is 5.04. The average Bonchev–Trinajstić information content (AvgIpc) is 2.30. The van der Waals surface area contributed by atoms with Crippen LogP contribution in [0.5, 0.6) is 5.75 Å². The molecule has 15 heavy (non-hydrogen) atoms. The van der Waals surface area contributed by atoms with Crippen LogP contribution >= 0.6 is 11.6 Å². The quantitative estimate of drug-likeness (QED) is 0.731. The molecule has 0 bridgehead atoms. The molecule has 3 heteroatoms. The summed E-state index contributed by atoms with van der Waals surface area (Å²) in [5.74, 6) is 0.684. The van der Waals surface area contributed by atoms with Gasteiger partial charge < -0.3 is 4.74 Å². The van der Waals surface area contributed by atoms with Crippen molar-refractivity contribution in [1.29, 1.82) is 5.26 Å². The highest BCUT2D eigenvalue weighted by Gasteiger charge is 2.09. The van der Waals surface area contributed by atoms with Crippen LogP contribution in [-0.2, 0) is 0 Å². The third-order valence-electron chi connectivity index (χ3n) is 2.10. The second-order valence-electron chi connectivity index (χ2n) is 2.96. The van der Waals surface area contributed by atoms with Crippen LogP contribution in [0.1, 0.15) is 18.9 Å². The van der Waals surface area contributed by atoms with E-state index >= 15 is 0 Å². The summed E-state index contributed by atoms with van der Waals surface area (Å²) >= 11 is 6.13. The van der Waals surface area contributed by atoms with Crippen LogP contribution in [0.2, 0.25) is 0 Å². The van der Waals surface area contributed by atoms with Crippen LogP contribution in [0.25, 0.3) is 5.03 Å². The number of nitriles is 1. The van der Waals surface area contributed by atoms with Crippen molar-refractivity contribution < 1.29 is 4.74 Å². The zero-order chi connectivity index (χ0) is 11.3. The number of para-hydroxylation sites is 1. The lowest BCUT2D eigenvalue weighted by molar-refractivity contribution is 0.413. The van der Waals surface area contributed by atoms with Gasteiger partial charge in [0.15, 0.2) is 0 Å². The number of hydrogen-bond acceptors (Lipinski definition) is 2. The standard InChI is InChI=1S/C12H12ClNO/c1-3-9(8-14)12(13)10-6-4-5-7-11(10)15-2/h4-7H,3H2,1-2H3. The summed E-state index contributed by atoms with van der Waals surface area (Å²) < 4.78 is 5.18. The largest absolute Gasteiger partial charge is 0.496 e. The van der Waals surface area contributed by atoms with E-state index in [4.69, 9.17) is 21.6 Å². The highest BCUT2D eigenvalue weighted by atomic mass is 35.5. The Labute approximate surface area is 94.7 Å². The van der Waals surface area contributed by atoms with Gasteiger partial charge in [-0.15, -0.1) is 0 Å². The predicted molar refractivity (Wildman–Crippen MR) is 61.7 cm³/mol. The Hall–Kier alpha value is -1.46. The van der Waals surface area contributed by atoms with Crippen molar-refractivity contribution in [2.75, 3.05) is 7.11 Å². The number of ether oxygens (including phenoxy) is 1. The second-order valence-corrected chi connectivity index (χ2v) is 3.34. The van der Waals surface area contributed by atoms with Crippen LogP contribution in [-0.4, -0.2) is 7.11 Å². The summed E-state index contributed by atoms with van der Waals surface area (Å²) in [4.78, 5) is 0. The van der Waals surface area contributed by atoms with E-state index in [0.29, 0.717) is 22.8 Å². The number of nitrogens with zero attached hydrogens (tertiary/aromatic N) is 1. The Kier molecular flexibility index (Phi) is 4.20. The fourth-order valence-electron chi connectivity index (χ4n) is 1.27. The van der Waals surface area contributed by atoms with Crippen LogP contribution in [0.3, 0.4) is 0 Å². The summed E-state index contributed by atoms with van der Waals surface area (Å²) in [7, 11) is 1.58. The number of rotatable bonds is 3. The molecule has 78 valence electrons. The van der Waals surface area contributed by atoms with Gasteiger partial charge in [0.25, 0.3) is 0 Å². The molecule has 1 rings (SSSR count). The maximum atomic E-state index is 8.89. The summed E-state index contributed by atoms with van der Waals surface area (Å²) in [5, 5.41) is 9.36. The molecule has 0 atom stereocenters. The van der Waals surface area contributed by atoms with Gasteiger partial charge in [-0.1, -0.05) is 30.7 Å². The molecule has 0 unspecified atom stereocenters. The number of methoxy groups -OCH3 is 1. The van der Waals surface area contributed by atoms with Gasteiger partial charge >= 0.3 is 0 Å². The molecular weight excluding hydrogens is 210 g/mol. The molecule has 0 aliphatic rings. The van der Waals surface area contributed by atoms with E-state index in [2.05, 4.69) is 6.07 Å². The SMILES string of the molecule is CCC(C#N)=C(Cl)c1ccccc1OC. The summed E-state index contributed by atoms with van der Waals surface area (Å²) in [6.07, 6.45) is 0.618. The number of halogens is 1. The van der Waals surface area contributed by atoms with E-state index in [1.54, 1.807) is 7.11 Å². The van der Waals surface area contributed by atoms with Crippen LogP contribution in [0.4, 0.5) is 0 Å². The molecule has 0 amide bonds. The molecular formula is C12H12ClNO. The minimum atomic E-state index is 0.470. The highest BCUT2D eigenvalue weighted by molar-refractivity contribution is 6.49. The van der Waals surface area contributed by atoms with Crippen LogP contribution < -0.4 is 4.74 Å². The molecule has 1 aromatic carbocycles. The third kappa shape index (κ3) is 2.51. The minimum Gasteiger partial charge on any atom is -0.496 e. The van der Waals surface area contributed by atoms with Crippen molar-refractivity contribution in [2.45, 2.75) is 13.3 Å². The first-order valence-electron chi connectivity index (χ1n) is 4.66. The zero-order valence-electron chi connectivity index (χ0n) is 8.75. The van der Waals surface area contributed by atoms with Gasteiger partial charge in [-0.05, 0) is 18.6 Å². The topological polar surface area (TPSA) is 33.0 Å². The van der Waals surface area contributed by atoms with Gasteiger partial charge in [0.05, 0.1) is 18.2 Å². The lowest BCUT2D eigenvalue weighted by Crippen LogP contribution is -1.90. The number of hydrogen-bond donors (Lipinski definition) is 0. The fraction of sp³-hybridized carbons (Fsp3) is 0.250. The molecule has 0 aromatic heterocycles. The van der Waals surface area contributed by atoms with Gasteiger partial charge in [-0.2, -0.15) is 5.26 Å². The van der Waals surface area contributed by atoms with Crippen molar-refractivity contribution >= 4 is 16.6 Å². The van der Waals surface area contributed by atoms with Gasteiger partial charge in [-0.3, -0.25) is 0 Å². The van der Waals surface area contributed by atoms with E-state index in [1.165, 1.54) is 0 Å². The summed E-state index contributed by atoms with van der Waals surface area (Å²) in [6, 6.07) is 9.49. The van der Waals surface area contributed by atoms with Crippen molar-refractivity contribution in [2.24, 2.45) is 0 Å². The van der Waals surface area contributed by atoms with Gasteiger partial charge in [-0.25, -0.2) is 0 Å². The maximum absolute atomic E-state index is 8.89. The minimum absolute atomic E-state index is 0.470. The van der Waals surface area contributed by atoms with E-state index in [0.717, 1.165) is 5.56 Å². The van der Waals surface area contributed by atoms with Gasteiger partial charge in [0, 0.05) is 11.1 Å². The number of allylic oxidation sites excluding steroid dienone is 1. The maximum Gasteiger partial charge on any atom is 0.127 e. The first-order chi connectivity index (χ1) is 7.24. The van der Waals surface area contributed by atoms with E-state index in [-0.39, 0.29) is 0 Å². The van der Waals surface area contributed by atoms with E-state index in [1.807, 2.05) is 31.2 Å². The Morgan fingerprint density at radius 3 is 2.67 bits per heavy atom. The van der Waals surface area contributed by atoms with Crippen LogP contribution in [0.15, 0.2) is 29.8 Å². The zero-order valence-corrected chi connectivity index (χ0v) is 9.51. The first kappa shape index (κ1) is 11.6. The average molecular weight is 222 g/mol. The lowest BCUT2D eigenvalue weighted by Gasteiger charge is -2.07. The number of benzene rings is 1. The normalized spacial score (nSPS) is 11.6. The monoisotopic (exact) mass is 221 g/mol. The molecule has 0 aliphatic heterocycles. The summed E-state index contributed by atoms with van der Waals surface area (Å²) in [5.41, 5.74) is 1.33. The molecule has 0 spiro atoms. The van der Waals surface area contributed by atoms with Crippen molar-refractivity contribution in [1.82, 2.24) is 0 Å². The second kappa shape index (κ2) is 5.43. The Morgan fingerprint density at radius 1 is 1.47 bits per heavy atom. The van der Waals surface area contributed by atoms with Crippen LogP contribution in [0, 0.1) is 11.3 Å². The molecule has 0 radical (unpaired) electrons. The van der Waals surface area contributed by atoms with Gasteiger partial charge in [0.1, 0.15) is 5.75 Å². The molecule has 0 saturated heterocycles. The molecule has 0 aliphatic carbocycles. The molecule has 0 fully saturated rings. The smallest absolute Gasteiger partial charge is 0.127 e. The highest BCUT2D eigenvalue weighted by Crippen LogP contribution is 2.31. The Bertz CT molecular complexity index is 418. The third-order valence-corrected chi connectivity index (χ3v) is 2.53. The van der Waals surface area contributed by atoms with E-state index in [9.17, 15) is 0 Å². The fourth-order valence-corrected chi connectivity index (χ4v) is 1.60. The molecule has 1 aromatic rings. The molecule has 0 heterocycles. The van der Waals surface area contributed by atoms with Crippen molar-refractivity contribution in [3.63, 3.8) is 0 Å². The van der Waals surface area contributed by atoms with E-state index < -0.39 is 0 Å². The van der Waals surface area contributed by atoms with Gasteiger partial charge in [0.2, 0.25) is 0 Å². The Balaban J connectivity index is 3.28. The van der Waals surface area contributed by atoms with Crippen molar-refractivity contribution in [3.05, 3.63) is 35.4 Å². The Morgan fingerprint density at radius 2 is 2.13 bits per heavy atom. The molecule has 2 nitrogen and oxygen atoms in total. The lowest BCUT2D eigenvalue weighted by atomic mass is 10.1. The summed E-state index contributed by atoms with van der Waals surface area (Å²) in [6.45, 7) is 1.90. The molecule has 0 N–H and O–H groups in total. The predicted octanol–water partition coefficient (Wildman–Crippen LogP) is 3.58. The van der Waals surface area contributed by atoms with Crippen molar-refractivity contribution in [3.8, 4) is 11.8 Å². The molecule has 0 saturated carbocycles.